The van der Waals surface area contributed by atoms with Crippen LogP contribution < -0.4 is 4.74 Å². The van der Waals surface area contributed by atoms with Crippen molar-refractivity contribution in [1.82, 2.24) is 4.98 Å². The Morgan fingerprint density at radius 1 is 1.59 bits per heavy atom. The minimum atomic E-state index is -5.09. The first-order valence-corrected chi connectivity index (χ1v) is 4.54. The van der Waals surface area contributed by atoms with Crippen molar-refractivity contribution in [3.63, 3.8) is 0 Å². The van der Waals surface area contributed by atoms with Gasteiger partial charge in [0.05, 0.1) is 11.0 Å². The topological polar surface area (TPSA) is 89.0 Å². The maximum atomic E-state index is 12.0. The molecule has 1 rings (SSSR count). The zero-order valence-electron chi connectivity index (χ0n) is 7.66. The molecule has 6 nitrogen and oxygen atoms in total. The third-order valence-electron chi connectivity index (χ3n) is 1.44. The smallest absolute Gasteiger partial charge is 0.395 e. The number of hydrogen-bond acceptors (Lipinski definition) is 5. The summed E-state index contributed by atoms with van der Waals surface area (Å²) in [5.74, 6) is -1.10. The fourth-order valence-electron chi connectivity index (χ4n) is 0.893. The SMILES string of the molecule is N#Cc1cc([N+](=O)[O-])c(OC(F)(F)F)c(Br)n1. The molecule has 0 atom stereocenters. The maximum Gasteiger partial charge on any atom is 0.573 e. The summed E-state index contributed by atoms with van der Waals surface area (Å²) in [4.78, 5) is 12.8. The van der Waals surface area contributed by atoms with Crippen LogP contribution in [0.3, 0.4) is 0 Å². The number of aromatic nitrogens is 1. The van der Waals surface area contributed by atoms with Crippen LogP contribution in [0.1, 0.15) is 5.69 Å². The van der Waals surface area contributed by atoms with E-state index in [2.05, 4.69) is 25.7 Å². The second kappa shape index (κ2) is 4.54. The molecule has 0 radical (unpaired) electrons. The summed E-state index contributed by atoms with van der Waals surface area (Å²) in [7, 11) is 0. The lowest BCUT2D eigenvalue weighted by Gasteiger charge is -2.10. The summed E-state index contributed by atoms with van der Waals surface area (Å²) in [5, 5.41) is 19.0. The number of alkyl halides is 3. The van der Waals surface area contributed by atoms with Crippen molar-refractivity contribution >= 4 is 21.6 Å². The van der Waals surface area contributed by atoms with E-state index in [-0.39, 0.29) is 0 Å². The van der Waals surface area contributed by atoms with Gasteiger partial charge in [0.15, 0.2) is 4.60 Å². The molecular formula is C7HBrF3N3O3. The molecule has 0 N–H and O–H groups in total. The summed E-state index contributed by atoms with van der Waals surface area (Å²) in [5.41, 5.74) is -1.40. The fourth-order valence-corrected chi connectivity index (χ4v) is 1.37. The van der Waals surface area contributed by atoms with E-state index in [1.807, 2.05) is 0 Å². The van der Waals surface area contributed by atoms with E-state index in [1.54, 1.807) is 0 Å². The minimum Gasteiger partial charge on any atom is -0.395 e. The van der Waals surface area contributed by atoms with Gasteiger partial charge in [-0.2, -0.15) is 5.26 Å². The van der Waals surface area contributed by atoms with Crippen LogP contribution in [0.5, 0.6) is 5.75 Å². The van der Waals surface area contributed by atoms with E-state index in [0.29, 0.717) is 6.07 Å². The first-order chi connectivity index (χ1) is 7.74. The Morgan fingerprint density at radius 3 is 2.59 bits per heavy atom. The molecule has 0 saturated carbocycles. The molecule has 0 unspecified atom stereocenters. The third kappa shape index (κ3) is 3.28. The van der Waals surface area contributed by atoms with Crippen molar-refractivity contribution in [3.8, 4) is 11.8 Å². The molecule has 0 aliphatic rings. The number of rotatable bonds is 2. The van der Waals surface area contributed by atoms with Crippen molar-refractivity contribution in [2.45, 2.75) is 6.36 Å². The Morgan fingerprint density at radius 2 is 2.18 bits per heavy atom. The molecule has 0 bridgehead atoms. The first-order valence-electron chi connectivity index (χ1n) is 3.75. The predicted octanol–water partition coefficient (Wildman–Crippen LogP) is 2.52. The van der Waals surface area contributed by atoms with Gasteiger partial charge in [-0.3, -0.25) is 10.1 Å². The van der Waals surface area contributed by atoms with Gasteiger partial charge in [0.1, 0.15) is 11.8 Å². The van der Waals surface area contributed by atoms with Gasteiger partial charge in [-0.1, -0.05) is 0 Å². The quantitative estimate of drug-likeness (QED) is 0.475. The molecule has 0 aliphatic heterocycles. The second-order valence-electron chi connectivity index (χ2n) is 2.56. The molecule has 0 spiro atoms. The van der Waals surface area contributed by atoms with Crippen LogP contribution in [0.4, 0.5) is 18.9 Å². The molecule has 0 saturated heterocycles. The van der Waals surface area contributed by atoms with E-state index in [1.165, 1.54) is 6.07 Å². The Bertz CT molecular complexity index is 512. The summed E-state index contributed by atoms with van der Waals surface area (Å²) >= 11 is 2.57. The van der Waals surface area contributed by atoms with E-state index in [4.69, 9.17) is 5.26 Å². The number of pyridine rings is 1. The Labute approximate surface area is 99.9 Å². The van der Waals surface area contributed by atoms with Crippen LogP contribution in [0.2, 0.25) is 0 Å². The molecule has 17 heavy (non-hydrogen) atoms. The van der Waals surface area contributed by atoms with E-state index in [0.717, 1.165) is 0 Å². The van der Waals surface area contributed by atoms with E-state index in [9.17, 15) is 23.3 Å². The summed E-state index contributed by atoms with van der Waals surface area (Å²) < 4.78 is 38.9. The molecular weight excluding hydrogens is 311 g/mol. The van der Waals surface area contributed by atoms with Gasteiger partial charge in [0.2, 0.25) is 5.75 Å². The standard InChI is InChI=1S/C7HBrF3N3O3/c8-6-5(17-7(9,10)11)4(14(15)16)1-3(2-12)13-6/h1H. The molecule has 0 amide bonds. The van der Waals surface area contributed by atoms with Crippen LogP contribution in [-0.4, -0.2) is 16.3 Å². The largest absolute Gasteiger partial charge is 0.573 e. The molecule has 0 aliphatic carbocycles. The molecule has 90 valence electrons. The normalized spacial score (nSPS) is 10.8. The Balaban J connectivity index is 3.38. The summed E-state index contributed by atoms with van der Waals surface area (Å²) in [6.07, 6.45) is -5.09. The molecule has 0 fully saturated rings. The number of nitro groups is 1. The highest BCUT2D eigenvalue weighted by Gasteiger charge is 2.36. The van der Waals surface area contributed by atoms with Gasteiger partial charge >= 0.3 is 12.0 Å². The highest BCUT2D eigenvalue weighted by Crippen LogP contribution is 2.37. The number of halogens is 4. The lowest BCUT2D eigenvalue weighted by Crippen LogP contribution is -2.18. The first kappa shape index (κ1) is 13.2. The monoisotopic (exact) mass is 311 g/mol. The highest BCUT2D eigenvalue weighted by molar-refractivity contribution is 9.10. The fraction of sp³-hybridized carbons (Fsp3) is 0.143. The zero-order chi connectivity index (χ0) is 13.2. The van der Waals surface area contributed by atoms with Gasteiger partial charge in [-0.15, -0.1) is 13.2 Å². The lowest BCUT2D eigenvalue weighted by molar-refractivity contribution is -0.388. The number of nitriles is 1. The predicted molar refractivity (Wildman–Crippen MR) is 50.0 cm³/mol. The van der Waals surface area contributed by atoms with Crippen LogP contribution in [0.25, 0.3) is 0 Å². The number of nitrogens with zero attached hydrogens (tertiary/aromatic N) is 3. The Kier molecular flexibility index (Phi) is 3.52. The van der Waals surface area contributed by atoms with Gasteiger partial charge in [-0.05, 0) is 15.9 Å². The highest BCUT2D eigenvalue weighted by atomic mass is 79.9. The summed E-state index contributed by atoms with van der Waals surface area (Å²) in [6.45, 7) is 0. The van der Waals surface area contributed by atoms with Crippen molar-refractivity contribution in [3.05, 3.63) is 26.5 Å². The van der Waals surface area contributed by atoms with Crippen molar-refractivity contribution < 1.29 is 22.8 Å². The van der Waals surface area contributed by atoms with Gasteiger partial charge in [0, 0.05) is 0 Å². The molecule has 1 aromatic rings. The van der Waals surface area contributed by atoms with E-state index < -0.39 is 33.0 Å². The zero-order valence-corrected chi connectivity index (χ0v) is 9.24. The average molecular weight is 312 g/mol. The van der Waals surface area contributed by atoms with Crippen LogP contribution >= 0.6 is 15.9 Å². The van der Waals surface area contributed by atoms with E-state index >= 15 is 0 Å². The van der Waals surface area contributed by atoms with Crippen LogP contribution in [0.15, 0.2) is 10.7 Å². The van der Waals surface area contributed by atoms with Crippen LogP contribution in [0, 0.1) is 21.4 Å². The number of ether oxygens (including phenoxy) is 1. The molecule has 10 heteroatoms. The lowest BCUT2D eigenvalue weighted by atomic mass is 10.3. The molecule has 0 aromatic carbocycles. The van der Waals surface area contributed by atoms with Crippen molar-refractivity contribution in [2.75, 3.05) is 0 Å². The second-order valence-corrected chi connectivity index (χ2v) is 3.31. The number of hydrogen-bond donors (Lipinski definition) is 0. The Hall–Kier alpha value is -1.89. The summed E-state index contributed by atoms with van der Waals surface area (Å²) in [6, 6.07) is 2.06. The minimum absolute atomic E-state index is 0.405. The molecule has 1 heterocycles. The van der Waals surface area contributed by atoms with Crippen molar-refractivity contribution in [2.24, 2.45) is 0 Å². The van der Waals surface area contributed by atoms with Crippen LogP contribution in [-0.2, 0) is 0 Å². The molecule has 1 aromatic heterocycles. The van der Waals surface area contributed by atoms with Gasteiger partial charge in [-0.25, -0.2) is 4.98 Å². The van der Waals surface area contributed by atoms with Gasteiger partial charge < -0.3 is 4.74 Å². The maximum absolute atomic E-state index is 12.0. The van der Waals surface area contributed by atoms with Crippen molar-refractivity contribution in [1.29, 1.82) is 5.26 Å². The van der Waals surface area contributed by atoms with Gasteiger partial charge in [0.25, 0.3) is 0 Å². The third-order valence-corrected chi connectivity index (χ3v) is 1.98. The average Bonchev–Trinajstić information content (AvgIpc) is 2.18.